The summed E-state index contributed by atoms with van der Waals surface area (Å²) in [5, 5.41) is -0.331. The highest BCUT2D eigenvalue weighted by atomic mass is 35.5. The zero-order valence-electron chi connectivity index (χ0n) is 18.2. The molecule has 3 fully saturated rings. The van der Waals surface area contributed by atoms with Crippen LogP contribution >= 0.6 is 46.4 Å². The molecule has 0 aliphatic heterocycles. The zero-order valence-corrected chi connectivity index (χ0v) is 21.2. The van der Waals surface area contributed by atoms with Crippen molar-refractivity contribution in [3.05, 3.63) is 23.8 Å². The number of ketones is 1. The fourth-order valence-electron chi connectivity index (χ4n) is 7.39. The Hall–Kier alpha value is -0.220. The van der Waals surface area contributed by atoms with Crippen LogP contribution in [0.25, 0.3) is 0 Å². The van der Waals surface area contributed by atoms with Gasteiger partial charge < -0.3 is 4.74 Å². The Bertz CT molecular complexity index is 837. The van der Waals surface area contributed by atoms with Crippen LogP contribution in [-0.4, -0.2) is 32.9 Å². The van der Waals surface area contributed by atoms with E-state index in [1.54, 1.807) is 12.2 Å². The second-order valence-corrected chi connectivity index (χ2v) is 12.7. The van der Waals surface area contributed by atoms with Crippen molar-refractivity contribution in [1.29, 1.82) is 0 Å². The Balaban J connectivity index is 1.76. The van der Waals surface area contributed by atoms with Crippen molar-refractivity contribution in [2.24, 2.45) is 28.6 Å². The number of carbonyl (C=O) groups is 2. The van der Waals surface area contributed by atoms with Crippen molar-refractivity contribution in [2.45, 2.75) is 80.5 Å². The Morgan fingerprint density at radius 3 is 2.58 bits per heavy atom. The van der Waals surface area contributed by atoms with Crippen LogP contribution in [0.2, 0.25) is 0 Å². The van der Waals surface area contributed by atoms with Crippen molar-refractivity contribution < 1.29 is 14.3 Å². The number of rotatable bonds is 4. The molecule has 31 heavy (non-hydrogen) atoms. The molecule has 4 rings (SSSR count). The smallest absolute Gasteiger partial charge is 0.339 e. The lowest BCUT2D eigenvalue weighted by Crippen LogP contribution is -2.65. The fraction of sp³-hybridized carbons (Fsp3) is 0.750. The fourth-order valence-corrected chi connectivity index (χ4v) is 8.70. The quantitative estimate of drug-likeness (QED) is 0.317. The molecular weight excluding hydrogens is 478 g/mol. The van der Waals surface area contributed by atoms with E-state index in [9.17, 15) is 9.59 Å². The second-order valence-electron chi connectivity index (χ2n) is 10.4. The van der Waals surface area contributed by atoms with Gasteiger partial charge in [0.25, 0.3) is 0 Å². The predicted molar refractivity (Wildman–Crippen MR) is 126 cm³/mol. The lowest BCUT2D eigenvalue weighted by molar-refractivity contribution is -0.159. The second kappa shape index (κ2) is 8.22. The summed E-state index contributed by atoms with van der Waals surface area (Å²) in [5.74, 6) is 0.301. The normalized spacial score (nSPS) is 44.0. The van der Waals surface area contributed by atoms with Crippen molar-refractivity contribution in [3.8, 4) is 0 Å². The molecule has 4 aliphatic carbocycles. The first-order valence-electron chi connectivity index (χ1n) is 11.2. The molecule has 0 N–H and O–H groups in total. The number of hydrogen-bond donors (Lipinski definition) is 0. The monoisotopic (exact) mass is 506 g/mol. The summed E-state index contributed by atoms with van der Waals surface area (Å²) < 4.78 is 5.88. The average Bonchev–Trinajstić information content (AvgIpc) is 3.00. The third kappa shape index (κ3) is 3.52. The number of allylic oxidation sites excluding steroid dienone is 4. The van der Waals surface area contributed by atoms with Crippen molar-refractivity contribution in [3.63, 3.8) is 0 Å². The number of esters is 1. The third-order valence-electron chi connectivity index (χ3n) is 8.47. The van der Waals surface area contributed by atoms with Gasteiger partial charge in [-0.3, -0.25) is 4.79 Å². The molecule has 0 spiro atoms. The molecule has 0 radical (unpaired) electrons. The first-order valence-corrected chi connectivity index (χ1v) is 12.9. The Kier molecular flexibility index (Phi) is 6.34. The molecule has 7 atom stereocenters. The number of hydrogen-bond acceptors (Lipinski definition) is 3. The Morgan fingerprint density at radius 2 is 1.94 bits per heavy atom. The van der Waals surface area contributed by atoms with Gasteiger partial charge in [0, 0.05) is 10.8 Å². The zero-order chi connectivity index (χ0) is 22.8. The van der Waals surface area contributed by atoms with E-state index in [2.05, 4.69) is 20.8 Å². The van der Waals surface area contributed by atoms with Gasteiger partial charge in [-0.1, -0.05) is 55.6 Å². The lowest BCUT2D eigenvalue weighted by atomic mass is 9.46. The third-order valence-corrected chi connectivity index (χ3v) is 10.4. The standard InChI is InChI=1S/C24H30Cl4O3/c1-13(2)11-23-12-18(25)24(28)17(5-4-14-10-15(29)8-9-22(14,24)3)16(23)6-7-19(23)31-21(30)20(26)27/h8-10,13,16-20H,4-7,11-12H2,1-3H3/t16-,17-,18-,19+,22-,23-,24-/m0/s1. The van der Waals surface area contributed by atoms with Crippen LogP contribution < -0.4 is 0 Å². The largest absolute Gasteiger partial charge is 0.460 e. The first-order chi connectivity index (χ1) is 14.5. The maximum Gasteiger partial charge on any atom is 0.339 e. The minimum Gasteiger partial charge on any atom is -0.460 e. The van der Waals surface area contributed by atoms with Gasteiger partial charge in [-0.2, -0.15) is 0 Å². The van der Waals surface area contributed by atoms with Crippen molar-refractivity contribution in [2.75, 3.05) is 0 Å². The van der Waals surface area contributed by atoms with Crippen molar-refractivity contribution >= 4 is 58.2 Å². The number of fused-ring (bicyclic) bond motifs is 5. The molecular formula is C24H30Cl4O3. The summed E-state index contributed by atoms with van der Waals surface area (Å²) in [6, 6.07) is 0. The van der Waals surface area contributed by atoms with E-state index in [0.717, 1.165) is 37.7 Å². The van der Waals surface area contributed by atoms with Crippen LogP contribution in [0.5, 0.6) is 0 Å². The Morgan fingerprint density at radius 1 is 1.23 bits per heavy atom. The van der Waals surface area contributed by atoms with Crippen LogP contribution in [-0.2, 0) is 14.3 Å². The highest BCUT2D eigenvalue weighted by Gasteiger charge is 2.70. The van der Waals surface area contributed by atoms with Gasteiger partial charge in [-0.05, 0) is 68.4 Å². The summed E-state index contributed by atoms with van der Waals surface area (Å²) in [6.45, 7) is 6.52. The minimum atomic E-state index is -1.19. The van der Waals surface area contributed by atoms with Gasteiger partial charge in [-0.15, -0.1) is 23.2 Å². The van der Waals surface area contributed by atoms with Gasteiger partial charge in [0.15, 0.2) is 5.78 Å². The average molecular weight is 508 g/mol. The number of halogens is 4. The first kappa shape index (κ1) is 23.9. The molecule has 0 bridgehead atoms. The number of alkyl halides is 4. The van der Waals surface area contributed by atoms with Gasteiger partial charge in [0.1, 0.15) is 6.10 Å². The van der Waals surface area contributed by atoms with Crippen LogP contribution in [0.3, 0.4) is 0 Å². The van der Waals surface area contributed by atoms with Gasteiger partial charge in [0.05, 0.1) is 10.3 Å². The van der Waals surface area contributed by atoms with E-state index in [-0.39, 0.29) is 34.5 Å². The summed E-state index contributed by atoms with van der Waals surface area (Å²) in [5.41, 5.74) is 0.378. The van der Waals surface area contributed by atoms with Gasteiger partial charge in [-0.25, -0.2) is 4.79 Å². The van der Waals surface area contributed by atoms with Gasteiger partial charge in [0.2, 0.25) is 4.84 Å². The molecule has 4 aliphatic rings. The highest BCUT2D eigenvalue weighted by Crippen LogP contribution is 2.71. The van der Waals surface area contributed by atoms with E-state index in [4.69, 9.17) is 51.1 Å². The van der Waals surface area contributed by atoms with E-state index >= 15 is 0 Å². The highest BCUT2D eigenvalue weighted by molar-refractivity contribution is 6.52. The van der Waals surface area contributed by atoms with Gasteiger partial charge >= 0.3 is 5.97 Å². The summed E-state index contributed by atoms with van der Waals surface area (Å²) in [4.78, 5) is 22.5. The maximum absolute atomic E-state index is 12.3. The van der Waals surface area contributed by atoms with Crippen LogP contribution in [0.4, 0.5) is 0 Å². The molecule has 7 heteroatoms. The Labute approximate surface area is 204 Å². The predicted octanol–water partition coefficient (Wildman–Crippen LogP) is 6.61. The molecule has 172 valence electrons. The summed E-state index contributed by atoms with van der Waals surface area (Å²) >= 11 is 26.4. The van der Waals surface area contributed by atoms with E-state index in [1.165, 1.54) is 0 Å². The molecule has 0 aromatic heterocycles. The maximum atomic E-state index is 12.3. The topological polar surface area (TPSA) is 43.4 Å². The minimum absolute atomic E-state index is 0.0202. The molecule has 0 aromatic carbocycles. The number of ether oxygens (including phenoxy) is 1. The molecule has 0 aromatic rings. The SMILES string of the molecule is CC(C)C[C@]12C[C@H](Cl)[C@@]3(Cl)[C@@H](CCC4=CC(=O)C=C[C@@]43C)[C@@H]1CC[C@H]2OC(=O)C(Cl)Cl. The van der Waals surface area contributed by atoms with E-state index < -0.39 is 21.1 Å². The summed E-state index contributed by atoms with van der Waals surface area (Å²) in [6.07, 6.45) is 10.1. The molecule has 0 amide bonds. The molecule has 0 heterocycles. The molecule has 0 unspecified atom stereocenters. The number of carbonyl (C=O) groups excluding carboxylic acids is 2. The van der Waals surface area contributed by atoms with E-state index in [1.807, 2.05) is 6.08 Å². The molecule has 3 nitrogen and oxygen atoms in total. The van der Waals surface area contributed by atoms with Crippen molar-refractivity contribution in [1.82, 2.24) is 0 Å². The van der Waals surface area contributed by atoms with Crippen LogP contribution in [0.1, 0.15) is 59.3 Å². The van der Waals surface area contributed by atoms with Crippen LogP contribution in [0, 0.1) is 28.6 Å². The summed E-state index contributed by atoms with van der Waals surface area (Å²) in [7, 11) is 0. The molecule has 0 saturated heterocycles. The molecule has 3 saturated carbocycles. The van der Waals surface area contributed by atoms with E-state index in [0.29, 0.717) is 12.3 Å². The van der Waals surface area contributed by atoms with Crippen LogP contribution in [0.15, 0.2) is 23.8 Å². The lowest BCUT2D eigenvalue weighted by Gasteiger charge is -2.64.